The van der Waals surface area contributed by atoms with Gasteiger partial charge in [0.05, 0.1) is 5.69 Å². The summed E-state index contributed by atoms with van der Waals surface area (Å²) in [6.07, 6.45) is 1.42. The number of rotatable bonds is 3. The summed E-state index contributed by atoms with van der Waals surface area (Å²) in [5, 5.41) is -0.000800. The summed E-state index contributed by atoms with van der Waals surface area (Å²) < 4.78 is 40.0. The monoisotopic (exact) mass is 300 g/mol. The molecule has 0 aliphatic carbocycles. The first-order valence-corrected chi connectivity index (χ1v) is 7.16. The second kappa shape index (κ2) is 5.14. The molecule has 7 heteroatoms. The molecule has 0 atom stereocenters. The Morgan fingerprint density at radius 2 is 2.05 bits per heavy atom. The number of nitrogens with zero attached hydrogens (tertiary/aromatic N) is 1. The van der Waals surface area contributed by atoms with Crippen LogP contribution in [0, 0.1) is 12.7 Å². The molecule has 0 spiro atoms. The third-order valence-corrected chi connectivity index (χ3v) is 4.06. The highest BCUT2D eigenvalue weighted by molar-refractivity contribution is 7.92. The molecule has 0 amide bonds. The minimum absolute atomic E-state index is 0.000800. The third kappa shape index (κ3) is 3.02. The fraction of sp³-hybridized carbons (Fsp3) is 0.0833. The number of halogens is 2. The molecule has 19 heavy (non-hydrogen) atoms. The van der Waals surface area contributed by atoms with E-state index in [4.69, 9.17) is 11.6 Å². The van der Waals surface area contributed by atoms with E-state index in [1.807, 2.05) is 0 Å². The first kappa shape index (κ1) is 13.8. The molecule has 0 aliphatic heterocycles. The van der Waals surface area contributed by atoms with Gasteiger partial charge >= 0.3 is 0 Å². The molecule has 100 valence electrons. The van der Waals surface area contributed by atoms with Crippen LogP contribution in [0.2, 0.25) is 5.15 Å². The SMILES string of the molecule is Cc1ccc(F)c(S(=O)(=O)Nc2cccnc2Cl)c1. The molecule has 1 heterocycles. The van der Waals surface area contributed by atoms with Crippen molar-refractivity contribution in [1.29, 1.82) is 0 Å². The van der Waals surface area contributed by atoms with Crippen LogP contribution >= 0.6 is 11.6 Å². The van der Waals surface area contributed by atoms with E-state index in [1.165, 1.54) is 30.5 Å². The van der Waals surface area contributed by atoms with E-state index in [0.717, 1.165) is 6.07 Å². The molecule has 2 aromatic rings. The minimum Gasteiger partial charge on any atom is -0.276 e. The first-order chi connectivity index (χ1) is 8.90. The topological polar surface area (TPSA) is 59.1 Å². The third-order valence-electron chi connectivity index (χ3n) is 2.38. The highest BCUT2D eigenvalue weighted by Crippen LogP contribution is 2.23. The van der Waals surface area contributed by atoms with E-state index in [-0.39, 0.29) is 10.8 Å². The van der Waals surface area contributed by atoms with Crippen molar-refractivity contribution in [3.63, 3.8) is 0 Å². The van der Waals surface area contributed by atoms with Crippen molar-refractivity contribution in [2.24, 2.45) is 0 Å². The van der Waals surface area contributed by atoms with Crippen LogP contribution in [0.4, 0.5) is 10.1 Å². The van der Waals surface area contributed by atoms with Crippen LogP contribution in [-0.4, -0.2) is 13.4 Å². The lowest BCUT2D eigenvalue weighted by Gasteiger charge is -2.10. The fourth-order valence-electron chi connectivity index (χ4n) is 1.48. The van der Waals surface area contributed by atoms with E-state index >= 15 is 0 Å². The van der Waals surface area contributed by atoms with Gasteiger partial charge in [-0.05, 0) is 36.8 Å². The molecule has 1 aromatic carbocycles. The highest BCUT2D eigenvalue weighted by Gasteiger charge is 2.20. The number of hydrogen-bond donors (Lipinski definition) is 1. The average Bonchev–Trinajstić information content (AvgIpc) is 2.35. The van der Waals surface area contributed by atoms with Crippen LogP contribution < -0.4 is 4.72 Å². The Morgan fingerprint density at radius 1 is 1.32 bits per heavy atom. The summed E-state index contributed by atoms with van der Waals surface area (Å²) in [7, 11) is -4.04. The van der Waals surface area contributed by atoms with E-state index < -0.39 is 20.7 Å². The van der Waals surface area contributed by atoms with Crippen molar-refractivity contribution in [1.82, 2.24) is 4.98 Å². The highest BCUT2D eigenvalue weighted by atomic mass is 35.5. The van der Waals surface area contributed by atoms with Gasteiger partial charge < -0.3 is 0 Å². The largest absolute Gasteiger partial charge is 0.276 e. The van der Waals surface area contributed by atoms with Crippen molar-refractivity contribution in [3.8, 4) is 0 Å². The molecule has 0 radical (unpaired) electrons. The number of pyridine rings is 1. The van der Waals surface area contributed by atoms with E-state index in [2.05, 4.69) is 9.71 Å². The van der Waals surface area contributed by atoms with Crippen molar-refractivity contribution in [2.45, 2.75) is 11.8 Å². The van der Waals surface area contributed by atoms with Gasteiger partial charge in [-0.3, -0.25) is 4.72 Å². The number of sulfonamides is 1. The predicted octanol–water partition coefficient (Wildman–Crippen LogP) is 2.98. The Labute approximate surface area is 115 Å². The molecule has 1 aromatic heterocycles. The van der Waals surface area contributed by atoms with Crippen LogP contribution in [0.3, 0.4) is 0 Å². The lowest BCUT2D eigenvalue weighted by Crippen LogP contribution is -2.15. The predicted molar refractivity (Wildman–Crippen MR) is 71.2 cm³/mol. The molecule has 0 aliphatic rings. The number of nitrogens with one attached hydrogen (secondary N) is 1. The maximum atomic E-state index is 13.6. The second-order valence-corrected chi connectivity index (χ2v) is 5.89. The number of hydrogen-bond acceptors (Lipinski definition) is 3. The zero-order chi connectivity index (χ0) is 14.0. The summed E-state index contributed by atoms with van der Waals surface area (Å²) in [5.41, 5.74) is 0.740. The molecular weight excluding hydrogens is 291 g/mol. The van der Waals surface area contributed by atoms with Gasteiger partial charge in [0.15, 0.2) is 5.15 Å². The lowest BCUT2D eigenvalue weighted by atomic mass is 10.2. The van der Waals surface area contributed by atoms with Crippen molar-refractivity contribution >= 4 is 27.3 Å². The standard InChI is InChI=1S/C12H10ClFN2O2S/c1-8-4-5-9(14)11(7-8)19(17,18)16-10-3-2-6-15-12(10)13/h2-7,16H,1H3. The zero-order valence-corrected chi connectivity index (χ0v) is 11.5. The van der Waals surface area contributed by atoms with Gasteiger partial charge in [-0.25, -0.2) is 17.8 Å². The molecule has 0 saturated carbocycles. The molecule has 1 N–H and O–H groups in total. The number of aromatic nitrogens is 1. The lowest BCUT2D eigenvalue weighted by molar-refractivity contribution is 0.570. The summed E-state index contributed by atoms with van der Waals surface area (Å²) in [5.74, 6) is -0.821. The molecule has 0 bridgehead atoms. The molecule has 4 nitrogen and oxygen atoms in total. The quantitative estimate of drug-likeness (QED) is 0.887. The number of aryl methyl sites for hydroxylation is 1. The first-order valence-electron chi connectivity index (χ1n) is 5.29. The van der Waals surface area contributed by atoms with Gasteiger partial charge in [0, 0.05) is 6.20 Å². The van der Waals surface area contributed by atoms with Crippen molar-refractivity contribution in [3.05, 3.63) is 53.1 Å². The van der Waals surface area contributed by atoms with E-state index in [9.17, 15) is 12.8 Å². The molecular formula is C12H10ClFN2O2S. The van der Waals surface area contributed by atoms with Gasteiger partial charge in [0.25, 0.3) is 10.0 Å². The maximum absolute atomic E-state index is 13.6. The Hall–Kier alpha value is -1.66. The average molecular weight is 301 g/mol. The Morgan fingerprint density at radius 3 is 2.74 bits per heavy atom. The van der Waals surface area contributed by atoms with Gasteiger partial charge in [0.1, 0.15) is 10.7 Å². The van der Waals surface area contributed by atoms with Gasteiger partial charge in [0.2, 0.25) is 0 Å². The van der Waals surface area contributed by atoms with Crippen LogP contribution in [0.25, 0.3) is 0 Å². The van der Waals surface area contributed by atoms with E-state index in [0.29, 0.717) is 5.56 Å². The van der Waals surface area contributed by atoms with Gasteiger partial charge in [-0.1, -0.05) is 17.7 Å². The van der Waals surface area contributed by atoms with Crippen LogP contribution in [0.15, 0.2) is 41.4 Å². The summed E-state index contributed by atoms with van der Waals surface area (Å²) in [4.78, 5) is 3.32. The smallest absolute Gasteiger partial charge is 0.264 e. The molecule has 2 rings (SSSR count). The fourth-order valence-corrected chi connectivity index (χ4v) is 2.93. The Kier molecular flexibility index (Phi) is 3.73. The van der Waals surface area contributed by atoms with Crippen LogP contribution in [0.5, 0.6) is 0 Å². The Balaban J connectivity index is 2.44. The van der Waals surface area contributed by atoms with Gasteiger partial charge in [-0.2, -0.15) is 0 Å². The zero-order valence-electron chi connectivity index (χ0n) is 9.89. The van der Waals surface area contributed by atoms with Gasteiger partial charge in [-0.15, -0.1) is 0 Å². The molecule has 0 fully saturated rings. The normalized spacial score (nSPS) is 11.3. The maximum Gasteiger partial charge on any atom is 0.264 e. The molecule has 0 unspecified atom stereocenters. The van der Waals surface area contributed by atoms with Crippen molar-refractivity contribution in [2.75, 3.05) is 4.72 Å². The van der Waals surface area contributed by atoms with Crippen molar-refractivity contribution < 1.29 is 12.8 Å². The van der Waals surface area contributed by atoms with Crippen LogP contribution in [-0.2, 0) is 10.0 Å². The van der Waals surface area contributed by atoms with Crippen LogP contribution in [0.1, 0.15) is 5.56 Å². The number of anilines is 1. The summed E-state index contributed by atoms with van der Waals surface area (Å²) >= 11 is 5.76. The second-order valence-electron chi connectivity index (χ2n) is 3.88. The molecule has 0 saturated heterocycles. The summed E-state index contributed by atoms with van der Waals surface area (Å²) in [6, 6.07) is 6.82. The van der Waals surface area contributed by atoms with E-state index in [1.54, 1.807) is 6.92 Å². The number of benzene rings is 1. The summed E-state index contributed by atoms with van der Waals surface area (Å²) in [6.45, 7) is 1.68. The Bertz CT molecular complexity index is 719. The minimum atomic E-state index is -4.04.